The van der Waals surface area contributed by atoms with Crippen LogP contribution in [0.4, 0.5) is 0 Å². The van der Waals surface area contributed by atoms with Crippen LogP contribution in [-0.2, 0) is 0 Å². The molecule has 1 unspecified atom stereocenters. The van der Waals surface area contributed by atoms with Crippen LogP contribution in [-0.4, -0.2) is 6.66 Å². The maximum atomic E-state index is 4.63. The molecule has 0 saturated carbocycles. The topological polar surface area (TPSA) is 0 Å². The molecule has 0 fully saturated rings. The quantitative estimate of drug-likeness (QED) is 0.162. The lowest BCUT2D eigenvalue weighted by molar-refractivity contribution is 1.58. The molecule has 1 aliphatic rings. The molecule has 0 spiro atoms. The van der Waals surface area contributed by atoms with E-state index in [1.807, 2.05) is 22.7 Å². The Morgan fingerprint density at radius 3 is 2.27 bits per heavy atom. The molecule has 0 N–H and O–H groups in total. The monoisotopic (exact) mass is 503 g/mol. The molecule has 5 rings (SSSR count). The predicted molar refractivity (Wildman–Crippen MR) is 157 cm³/mol. The van der Waals surface area contributed by atoms with E-state index in [9.17, 15) is 0 Å². The van der Waals surface area contributed by atoms with E-state index in [0.29, 0.717) is 0 Å². The van der Waals surface area contributed by atoms with Gasteiger partial charge in [-0.2, -0.15) is 0 Å². The summed E-state index contributed by atoms with van der Waals surface area (Å²) in [6, 6.07) is 22.7. The van der Waals surface area contributed by atoms with Crippen LogP contribution in [0.25, 0.3) is 27.1 Å². The first-order valence-corrected chi connectivity index (χ1v) is 15.5. The van der Waals surface area contributed by atoms with Gasteiger partial charge in [0.25, 0.3) is 0 Å². The molecule has 4 aromatic rings. The number of hydrogen-bond donors (Lipinski definition) is 1. The summed E-state index contributed by atoms with van der Waals surface area (Å²) in [6.45, 7) is 11.2. The largest absolute Gasteiger partial charge is 0.148 e. The summed E-state index contributed by atoms with van der Waals surface area (Å²) in [7, 11) is -1.78. The third-order valence-corrected chi connectivity index (χ3v) is 13.0. The smallest absolute Gasteiger partial charge is 0.131 e. The van der Waals surface area contributed by atoms with Crippen molar-refractivity contribution in [2.24, 2.45) is 0 Å². The van der Waals surface area contributed by atoms with Gasteiger partial charge in [-0.15, -0.1) is 35.3 Å². The first kappa shape index (κ1) is 22.9. The summed E-state index contributed by atoms with van der Waals surface area (Å²) in [6.07, 6.45) is 4.45. The highest BCUT2D eigenvalue weighted by atomic mass is 32.1. The molecule has 2 aromatic heterocycles. The van der Waals surface area contributed by atoms with E-state index in [4.69, 9.17) is 0 Å². The number of benzene rings is 2. The minimum atomic E-state index is -1.78. The second kappa shape index (κ2) is 8.71. The zero-order chi connectivity index (χ0) is 23.3. The van der Waals surface area contributed by atoms with Gasteiger partial charge in [-0.25, -0.2) is 0 Å². The predicted octanol–water partition coefficient (Wildman–Crippen LogP) is 8.23. The molecular weight excluding hydrogens is 475 g/mol. The van der Waals surface area contributed by atoms with Crippen molar-refractivity contribution in [3.63, 3.8) is 0 Å². The molecule has 0 aliphatic carbocycles. The number of thiol groups is 1. The lowest BCUT2D eigenvalue weighted by atomic mass is 10.0. The summed E-state index contributed by atoms with van der Waals surface area (Å²) in [5, 5.41) is 4.52. The first-order chi connectivity index (χ1) is 15.9. The van der Waals surface area contributed by atoms with Gasteiger partial charge in [-0.05, 0) is 74.6 Å². The molecule has 0 saturated heterocycles. The molecule has 4 heteroatoms. The normalized spacial score (nSPS) is 17.9. The van der Waals surface area contributed by atoms with Crippen LogP contribution in [0.2, 0.25) is 0 Å². The van der Waals surface area contributed by atoms with Crippen LogP contribution in [0.1, 0.15) is 28.5 Å². The Hall–Kier alpha value is -1.90. The fraction of sp³-hybridized carbons (Fsp3) is 0.172. The van der Waals surface area contributed by atoms with Crippen LogP contribution in [0.3, 0.4) is 0 Å². The fourth-order valence-corrected chi connectivity index (χ4v) is 12.0. The molecule has 1 aliphatic heterocycles. The number of rotatable bonds is 4. The fourth-order valence-electron chi connectivity index (χ4n) is 5.04. The second-order valence-corrected chi connectivity index (χ2v) is 15.3. The second-order valence-electron chi connectivity index (χ2n) is 8.70. The van der Waals surface area contributed by atoms with Crippen molar-refractivity contribution in [1.29, 1.82) is 0 Å². The zero-order valence-corrected chi connectivity index (χ0v) is 23.1. The summed E-state index contributed by atoms with van der Waals surface area (Å²) >= 11 is 8.49. The summed E-state index contributed by atoms with van der Waals surface area (Å²) < 4.78 is 0. The third kappa shape index (κ3) is 3.61. The number of hydrogen-bond acceptors (Lipinski definition) is 3. The van der Waals surface area contributed by atoms with Gasteiger partial charge in [0.1, 0.15) is 23.2 Å². The van der Waals surface area contributed by atoms with Crippen molar-refractivity contribution in [2.45, 2.75) is 27.7 Å². The van der Waals surface area contributed by atoms with Crippen molar-refractivity contribution >= 4 is 64.1 Å². The molecule has 2 aromatic carbocycles. The van der Waals surface area contributed by atoms with Crippen molar-refractivity contribution < 1.29 is 0 Å². The van der Waals surface area contributed by atoms with Crippen LogP contribution in [0.5, 0.6) is 0 Å². The Morgan fingerprint density at radius 1 is 0.939 bits per heavy atom. The lowest BCUT2D eigenvalue weighted by Crippen LogP contribution is -2.27. The number of thiophene rings is 2. The van der Waals surface area contributed by atoms with E-state index < -0.39 is 7.26 Å². The molecule has 166 valence electrons. The van der Waals surface area contributed by atoms with Gasteiger partial charge in [0.15, 0.2) is 0 Å². The van der Waals surface area contributed by atoms with Crippen molar-refractivity contribution in [3.05, 3.63) is 92.4 Å². The van der Waals surface area contributed by atoms with E-state index >= 15 is 0 Å². The highest BCUT2D eigenvalue weighted by molar-refractivity contribution is 7.96. The van der Waals surface area contributed by atoms with Crippen LogP contribution in [0.15, 0.2) is 77.7 Å². The van der Waals surface area contributed by atoms with Gasteiger partial charge in [0.2, 0.25) is 0 Å². The van der Waals surface area contributed by atoms with E-state index in [2.05, 4.69) is 120 Å². The maximum absolute atomic E-state index is 4.63. The Bertz CT molecular complexity index is 1410. The summed E-state index contributed by atoms with van der Waals surface area (Å²) in [4.78, 5) is 6.61. The Balaban J connectivity index is 1.94. The molecule has 3 heterocycles. The molecule has 0 radical (unpaired) electrons. The average Bonchev–Trinajstić information content (AvgIpc) is 3.43. The number of aryl methyl sites for hydroxylation is 2. The highest BCUT2D eigenvalue weighted by Crippen LogP contribution is 2.64. The van der Waals surface area contributed by atoms with E-state index in [-0.39, 0.29) is 0 Å². The Morgan fingerprint density at radius 2 is 1.64 bits per heavy atom. The average molecular weight is 504 g/mol. The minimum Gasteiger partial charge on any atom is -0.148 e. The number of fused-ring (bicyclic) bond motifs is 3. The Labute approximate surface area is 211 Å². The molecular formula is C29H28PS3+. The molecule has 0 bridgehead atoms. The summed E-state index contributed by atoms with van der Waals surface area (Å²) in [5.74, 6) is 0. The lowest BCUT2D eigenvalue weighted by Gasteiger charge is -2.21. The Kier molecular flexibility index (Phi) is 6.04. The van der Waals surface area contributed by atoms with Crippen LogP contribution >= 0.6 is 42.6 Å². The van der Waals surface area contributed by atoms with Gasteiger partial charge < -0.3 is 0 Å². The molecule has 33 heavy (non-hydrogen) atoms. The van der Waals surface area contributed by atoms with E-state index in [1.54, 1.807) is 5.30 Å². The molecule has 0 nitrogen and oxygen atoms in total. The van der Waals surface area contributed by atoms with Crippen LogP contribution in [0, 0.1) is 13.8 Å². The maximum Gasteiger partial charge on any atom is 0.131 e. The van der Waals surface area contributed by atoms with Gasteiger partial charge in [0, 0.05) is 31.3 Å². The van der Waals surface area contributed by atoms with Crippen molar-refractivity contribution in [3.8, 4) is 21.6 Å². The van der Waals surface area contributed by atoms with Gasteiger partial charge in [-0.1, -0.05) is 36.4 Å². The third-order valence-electron chi connectivity index (χ3n) is 6.48. The van der Waals surface area contributed by atoms with E-state index in [0.717, 1.165) is 4.91 Å². The standard InChI is InChI=1S/C29H27PS3/c1-6-21(16-18(2)31)28-26(24-17-19(3)32-20(24)4)27-29(33-28)23-14-10-11-15-25(23)30(27,5)22-12-8-7-9-13-22/h6-17H,1-5H3/p+1/b18-16-,21-6-. The molecule has 0 amide bonds. The first-order valence-electron chi connectivity index (χ1n) is 11.2. The highest BCUT2D eigenvalue weighted by Gasteiger charge is 2.53. The minimum absolute atomic E-state index is 1.03. The van der Waals surface area contributed by atoms with Crippen molar-refractivity contribution in [2.75, 3.05) is 6.66 Å². The van der Waals surface area contributed by atoms with Crippen LogP contribution < -0.4 is 15.9 Å². The van der Waals surface area contributed by atoms with Crippen molar-refractivity contribution in [1.82, 2.24) is 0 Å². The van der Waals surface area contributed by atoms with E-state index in [1.165, 1.54) is 52.4 Å². The van der Waals surface area contributed by atoms with Gasteiger partial charge in [0.05, 0.1) is 11.5 Å². The van der Waals surface area contributed by atoms with Gasteiger partial charge in [-0.3, -0.25) is 0 Å². The molecule has 1 atom stereocenters. The van der Waals surface area contributed by atoms with Gasteiger partial charge >= 0.3 is 0 Å². The zero-order valence-electron chi connectivity index (χ0n) is 19.6. The SMILES string of the molecule is C/C=C(/C=C(/C)S)c1sc2c(c1-c1cc(C)sc1C)[P+](C)(c1ccccc1)c1ccccc1-2. The summed E-state index contributed by atoms with van der Waals surface area (Å²) in [5.41, 5.74) is 5.50. The number of allylic oxidation sites excluding steroid dienone is 4.